The first-order chi connectivity index (χ1) is 33.5. The molecule has 13 rings (SSSR count). The molecular weight excluding hydrogens is 837 g/mol. The zero-order valence-electron chi connectivity index (χ0n) is 38.4. The summed E-state index contributed by atoms with van der Waals surface area (Å²) in [6.45, 7) is 4.79. The average molecular weight is 887 g/mol. The Bertz CT molecular complexity index is 3630. The van der Waals surface area contributed by atoms with Crippen molar-refractivity contribution < 1.29 is 0 Å². The van der Waals surface area contributed by atoms with Crippen molar-refractivity contribution in [1.82, 2.24) is 0 Å². The molecule has 1 spiro atoms. The summed E-state index contributed by atoms with van der Waals surface area (Å²) in [7, 11) is 0. The SMILES string of the molecule is CC1(C)c2ccccc2C2(c3ccccc3-c3c(-c4ccc(C(CCc5ccc(-c6ccccc6)cc5)c5ccc(-c6ccc7sc8ccccc8c7c6)cc5)cc4)cccc32)c2ccccc21. The molecule has 0 radical (unpaired) electrons. The van der Waals surface area contributed by atoms with Gasteiger partial charge in [-0.3, -0.25) is 0 Å². The number of hydrogen-bond acceptors (Lipinski definition) is 1. The Balaban J connectivity index is 0.887. The van der Waals surface area contributed by atoms with Crippen molar-refractivity contribution in [2.45, 2.75) is 43.4 Å². The highest BCUT2D eigenvalue weighted by molar-refractivity contribution is 7.25. The lowest BCUT2D eigenvalue weighted by Crippen LogP contribution is -2.40. The Hall–Kier alpha value is -7.58. The van der Waals surface area contributed by atoms with E-state index < -0.39 is 5.41 Å². The van der Waals surface area contributed by atoms with E-state index in [0.717, 1.165) is 12.8 Å². The Labute approximate surface area is 403 Å². The van der Waals surface area contributed by atoms with Crippen molar-refractivity contribution in [3.63, 3.8) is 0 Å². The van der Waals surface area contributed by atoms with Crippen LogP contribution in [-0.4, -0.2) is 0 Å². The summed E-state index contributed by atoms with van der Waals surface area (Å²) in [5, 5.41) is 2.67. The normalized spacial score (nSPS) is 14.3. The third-order valence-corrected chi connectivity index (χ3v) is 16.7. The van der Waals surface area contributed by atoms with Gasteiger partial charge in [-0.05, 0) is 126 Å². The van der Waals surface area contributed by atoms with Gasteiger partial charge in [-0.15, -0.1) is 11.3 Å². The van der Waals surface area contributed by atoms with Crippen LogP contribution in [0.2, 0.25) is 0 Å². The third kappa shape index (κ3) is 6.33. The van der Waals surface area contributed by atoms with Gasteiger partial charge in [-0.1, -0.05) is 232 Å². The summed E-state index contributed by atoms with van der Waals surface area (Å²) in [6, 6.07) is 89.4. The molecule has 0 nitrogen and oxygen atoms in total. The van der Waals surface area contributed by atoms with Gasteiger partial charge in [0.05, 0.1) is 5.41 Å². The quantitative estimate of drug-likeness (QED) is 0.143. The van der Waals surface area contributed by atoms with E-state index in [9.17, 15) is 0 Å². The molecule has 2 aliphatic carbocycles. The van der Waals surface area contributed by atoms with Crippen molar-refractivity contribution in [2.24, 2.45) is 0 Å². The zero-order valence-corrected chi connectivity index (χ0v) is 39.2. The maximum Gasteiger partial charge on any atom is 0.0719 e. The van der Waals surface area contributed by atoms with Crippen LogP contribution in [-0.2, 0) is 17.3 Å². The summed E-state index contributed by atoms with van der Waals surface area (Å²) in [6.07, 6.45) is 1.98. The average Bonchev–Trinajstić information content (AvgIpc) is 3.93. The zero-order chi connectivity index (χ0) is 45.4. The van der Waals surface area contributed by atoms with E-state index >= 15 is 0 Å². The fourth-order valence-corrected chi connectivity index (χ4v) is 13.3. The summed E-state index contributed by atoms with van der Waals surface area (Å²) >= 11 is 1.87. The fourth-order valence-electron chi connectivity index (χ4n) is 12.2. The van der Waals surface area contributed by atoms with Crippen molar-refractivity contribution in [3.8, 4) is 44.5 Å². The van der Waals surface area contributed by atoms with Crippen LogP contribution in [0.4, 0.5) is 0 Å². The lowest BCUT2D eigenvalue weighted by molar-refractivity contribution is 0.563. The van der Waals surface area contributed by atoms with E-state index in [2.05, 4.69) is 250 Å². The van der Waals surface area contributed by atoms with Crippen LogP contribution < -0.4 is 0 Å². The molecule has 324 valence electrons. The fraction of sp³-hybridized carbons (Fsp3) is 0.104. The molecule has 0 N–H and O–H groups in total. The molecule has 0 saturated heterocycles. The minimum Gasteiger partial charge on any atom is -0.135 e. The molecular formula is C67H50S. The van der Waals surface area contributed by atoms with Gasteiger partial charge in [0.25, 0.3) is 0 Å². The van der Waals surface area contributed by atoms with Crippen molar-refractivity contribution in [3.05, 3.63) is 287 Å². The first kappa shape index (κ1) is 40.7. The third-order valence-electron chi connectivity index (χ3n) is 15.5. The van der Waals surface area contributed by atoms with Gasteiger partial charge in [0.2, 0.25) is 0 Å². The minimum atomic E-state index is -0.412. The molecule has 1 atom stereocenters. The number of hydrogen-bond donors (Lipinski definition) is 0. The molecule has 0 aliphatic heterocycles. The van der Waals surface area contributed by atoms with Crippen LogP contribution in [0.1, 0.15) is 76.3 Å². The Morgan fingerprint density at radius 2 is 0.868 bits per heavy atom. The number of aryl methyl sites for hydroxylation is 1. The highest BCUT2D eigenvalue weighted by atomic mass is 32.1. The van der Waals surface area contributed by atoms with Gasteiger partial charge < -0.3 is 0 Å². The predicted molar refractivity (Wildman–Crippen MR) is 288 cm³/mol. The lowest BCUT2D eigenvalue weighted by atomic mass is 9.55. The molecule has 1 unspecified atom stereocenters. The predicted octanol–water partition coefficient (Wildman–Crippen LogP) is 17.8. The highest BCUT2D eigenvalue weighted by Crippen LogP contribution is 2.63. The Kier molecular flexibility index (Phi) is 9.60. The van der Waals surface area contributed by atoms with E-state index in [1.54, 1.807) is 0 Å². The van der Waals surface area contributed by atoms with E-state index in [-0.39, 0.29) is 11.3 Å². The van der Waals surface area contributed by atoms with Crippen LogP contribution in [0.25, 0.3) is 64.7 Å². The van der Waals surface area contributed by atoms with Gasteiger partial charge in [0.15, 0.2) is 0 Å². The highest BCUT2D eigenvalue weighted by Gasteiger charge is 2.53. The van der Waals surface area contributed by atoms with Crippen molar-refractivity contribution >= 4 is 31.5 Å². The number of rotatable bonds is 8. The lowest BCUT2D eigenvalue weighted by Gasteiger charge is -2.46. The molecule has 0 saturated carbocycles. The maximum absolute atomic E-state index is 2.41. The van der Waals surface area contributed by atoms with Crippen LogP contribution in [0.15, 0.2) is 237 Å². The standard InChI is InChI=1S/C67H50S/c1-66(2)58-21-9-11-23-60(58)67(61-24-12-10-22-59(61)66)57-20-8-6-18-55(57)65-53(19-14-25-62(65)67)50-38-36-49(37-39-50)52(41-29-44-27-30-46(31-28-44)45-15-4-3-5-16-45)48-34-32-47(33-35-48)51-40-42-64-56(43-51)54-17-7-13-26-63(54)68-64/h3-28,30-40,42-43,52H,29,41H2,1-2H3. The molecule has 0 fully saturated rings. The first-order valence-electron chi connectivity index (χ1n) is 24.2. The number of thiophene rings is 1. The van der Waals surface area contributed by atoms with Gasteiger partial charge in [-0.2, -0.15) is 0 Å². The molecule has 11 aromatic rings. The molecule has 0 amide bonds. The Morgan fingerprint density at radius 3 is 1.57 bits per heavy atom. The van der Waals surface area contributed by atoms with E-state index in [1.807, 2.05) is 11.3 Å². The van der Waals surface area contributed by atoms with E-state index in [0.29, 0.717) is 0 Å². The molecule has 1 aromatic heterocycles. The van der Waals surface area contributed by atoms with Gasteiger partial charge in [-0.25, -0.2) is 0 Å². The number of fused-ring (bicyclic) bond motifs is 12. The topological polar surface area (TPSA) is 0 Å². The first-order valence-corrected chi connectivity index (χ1v) is 25.0. The smallest absolute Gasteiger partial charge is 0.0719 e. The molecule has 0 bridgehead atoms. The van der Waals surface area contributed by atoms with Crippen LogP contribution >= 0.6 is 11.3 Å². The van der Waals surface area contributed by atoms with Crippen molar-refractivity contribution in [1.29, 1.82) is 0 Å². The number of benzene rings is 10. The second kappa shape index (κ2) is 16.0. The molecule has 2 aliphatic rings. The second-order valence-corrected chi connectivity index (χ2v) is 20.5. The minimum absolute atomic E-state index is 0.125. The van der Waals surface area contributed by atoms with Gasteiger partial charge in [0, 0.05) is 31.5 Å². The van der Waals surface area contributed by atoms with Crippen molar-refractivity contribution in [2.75, 3.05) is 0 Å². The molecule has 68 heavy (non-hydrogen) atoms. The molecule has 1 heterocycles. The van der Waals surface area contributed by atoms with Gasteiger partial charge in [0.1, 0.15) is 0 Å². The molecule has 10 aromatic carbocycles. The molecule has 1 heteroatoms. The second-order valence-electron chi connectivity index (χ2n) is 19.4. The van der Waals surface area contributed by atoms with Crippen LogP contribution in [0.5, 0.6) is 0 Å². The maximum atomic E-state index is 2.41. The van der Waals surface area contributed by atoms with E-state index in [1.165, 1.54) is 115 Å². The largest absolute Gasteiger partial charge is 0.135 e. The summed E-state index contributed by atoms with van der Waals surface area (Å²) < 4.78 is 2.68. The summed E-state index contributed by atoms with van der Waals surface area (Å²) in [5.41, 5.74) is 22.1. The van der Waals surface area contributed by atoms with E-state index in [4.69, 9.17) is 0 Å². The van der Waals surface area contributed by atoms with Crippen LogP contribution in [0.3, 0.4) is 0 Å². The van der Waals surface area contributed by atoms with Gasteiger partial charge >= 0.3 is 0 Å². The monoisotopic (exact) mass is 886 g/mol. The summed E-state index contributed by atoms with van der Waals surface area (Å²) in [5.74, 6) is 0.222. The summed E-state index contributed by atoms with van der Waals surface area (Å²) in [4.78, 5) is 0. The van der Waals surface area contributed by atoms with Crippen LogP contribution in [0, 0.1) is 0 Å². The Morgan fingerprint density at radius 1 is 0.368 bits per heavy atom.